The van der Waals surface area contributed by atoms with Crippen LogP contribution in [-0.2, 0) is 17.6 Å². The van der Waals surface area contributed by atoms with Gasteiger partial charge in [-0.15, -0.1) is 11.8 Å². The number of carbonyl (C=O) groups excluding carboxylic acids is 1. The molecule has 0 bridgehead atoms. The summed E-state index contributed by atoms with van der Waals surface area (Å²) in [5.74, 6) is 0.0624. The van der Waals surface area contributed by atoms with Gasteiger partial charge in [0.2, 0.25) is 5.91 Å². The molecule has 3 nitrogen and oxygen atoms in total. The van der Waals surface area contributed by atoms with E-state index in [1.54, 1.807) is 18.7 Å². The van der Waals surface area contributed by atoms with Crippen LogP contribution < -0.4 is 11.5 Å². The SMILES string of the molecule is CC(N)(CSc1ccc2c(c1)CCC2)C(N)=O. The van der Waals surface area contributed by atoms with E-state index in [1.165, 1.54) is 35.3 Å². The lowest BCUT2D eigenvalue weighted by molar-refractivity contribution is -0.121. The van der Waals surface area contributed by atoms with E-state index in [0.29, 0.717) is 5.75 Å². The van der Waals surface area contributed by atoms with Gasteiger partial charge >= 0.3 is 0 Å². The Bertz CT molecular complexity index is 443. The van der Waals surface area contributed by atoms with Gasteiger partial charge in [-0.1, -0.05) is 6.07 Å². The van der Waals surface area contributed by atoms with Crippen LogP contribution in [0, 0.1) is 0 Å². The minimum atomic E-state index is -0.941. The summed E-state index contributed by atoms with van der Waals surface area (Å²) in [4.78, 5) is 12.3. The average molecular weight is 250 g/mol. The topological polar surface area (TPSA) is 69.1 Å². The zero-order valence-corrected chi connectivity index (χ0v) is 10.8. The maximum atomic E-state index is 11.1. The number of fused-ring (bicyclic) bond motifs is 1. The third-order valence-electron chi connectivity index (χ3n) is 3.17. The van der Waals surface area contributed by atoms with E-state index in [0.717, 1.165) is 0 Å². The molecule has 0 aromatic heterocycles. The molecule has 1 aromatic carbocycles. The lowest BCUT2D eigenvalue weighted by Crippen LogP contribution is -2.51. The molecule has 0 spiro atoms. The second-order valence-corrected chi connectivity index (χ2v) is 5.90. The summed E-state index contributed by atoms with van der Waals surface area (Å²) >= 11 is 1.60. The number of hydrogen-bond acceptors (Lipinski definition) is 3. The highest BCUT2D eigenvalue weighted by Gasteiger charge is 2.25. The summed E-state index contributed by atoms with van der Waals surface area (Å²) in [5, 5.41) is 0. The van der Waals surface area contributed by atoms with Gasteiger partial charge in [-0.25, -0.2) is 0 Å². The molecular formula is C13H18N2OS. The monoisotopic (exact) mass is 250 g/mol. The largest absolute Gasteiger partial charge is 0.368 e. The van der Waals surface area contributed by atoms with Gasteiger partial charge in [0, 0.05) is 10.6 Å². The molecule has 0 aliphatic heterocycles. The number of benzene rings is 1. The van der Waals surface area contributed by atoms with Crippen molar-refractivity contribution in [3.63, 3.8) is 0 Å². The Kier molecular flexibility index (Phi) is 3.45. The summed E-state index contributed by atoms with van der Waals surface area (Å²) in [7, 11) is 0. The van der Waals surface area contributed by atoms with Crippen LogP contribution in [0.15, 0.2) is 23.1 Å². The molecule has 17 heavy (non-hydrogen) atoms. The Morgan fingerprint density at radius 3 is 2.82 bits per heavy atom. The van der Waals surface area contributed by atoms with Crippen LogP contribution in [0.5, 0.6) is 0 Å². The Morgan fingerprint density at radius 2 is 2.12 bits per heavy atom. The highest BCUT2D eigenvalue weighted by atomic mass is 32.2. The molecule has 1 atom stereocenters. The first-order valence-corrected chi connectivity index (χ1v) is 6.81. The predicted octanol–water partition coefficient (Wildman–Crippen LogP) is 1.47. The van der Waals surface area contributed by atoms with E-state index in [2.05, 4.69) is 18.2 Å². The maximum absolute atomic E-state index is 11.1. The normalized spacial score (nSPS) is 17.5. The minimum Gasteiger partial charge on any atom is -0.368 e. The maximum Gasteiger partial charge on any atom is 0.238 e. The Morgan fingerprint density at radius 1 is 1.41 bits per heavy atom. The van der Waals surface area contributed by atoms with Gasteiger partial charge in [0.25, 0.3) is 0 Å². The molecule has 1 aromatic rings. The van der Waals surface area contributed by atoms with Crippen LogP contribution >= 0.6 is 11.8 Å². The molecule has 0 heterocycles. The number of aryl methyl sites for hydroxylation is 2. The van der Waals surface area contributed by atoms with Crippen LogP contribution in [0.3, 0.4) is 0 Å². The molecule has 0 fully saturated rings. The van der Waals surface area contributed by atoms with Crippen LogP contribution in [0.4, 0.5) is 0 Å². The molecule has 1 aliphatic carbocycles. The van der Waals surface area contributed by atoms with E-state index in [9.17, 15) is 4.79 Å². The van der Waals surface area contributed by atoms with Gasteiger partial charge < -0.3 is 11.5 Å². The zero-order chi connectivity index (χ0) is 12.5. The van der Waals surface area contributed by atoms with Crippen molar-refractivity contribution < 1.29 is 4.79 Å². The van der Waals surface area contributed by atoms with Crippen molar-refractivity contribution in [1.82, 2.24) is 0 Å². The van der Waals surface area contributed by atoms with Crippen molar-refractivity contribution in [3.8, 4) is 0 Å². The highest BCUT2D eigenvalue weighted by Crippen LogP contribution is 2.28. The smallest absolute Gasteiger partial charge is 0.238 e. The highest BCUT2D eigenvalue weighted by molar-refractivity contribution is 7.99. The third kappa shape index (κ3) is 2.82. The second-order valence-electron chi connectivity index (χ2n) is 4.85. The van der Waals surface area contributed by atoms with Gasteiger partial charge in [0.15, 0.2) is 0 Å². The van der Waals surface area contributed by atoms with Crippen LogP contribution in [0.1, 0.15) is 24.5 Å². The first-order chi connectivity index (χ1) is 7.99. The number of rotatable bonds is 4. The zero-order valence-electron chi connectivity index (χ0n) is 10.0. The first-order valence-electron chi connectivity index (χ1n) is 5.82. The van der Waals surface area contributed by atoms with Crippen molar-refractivity contribution in [2.75, 3.05) is 5.75 Å². The minimum absolute atomic E-state index is 0.453. The van der Waals surface area contributed by atoms with Crippen molar-refractivity contribution >= 4 is 17.7 Å². The van der Waals surface area contributed by atoms with Crippen LogP contribution in [0.25, 0.3) is 0 Å². The van der Waals surface area contributed by atoms with E-state index < -0.39 is 11.4 Å². The molecule has 1 amide bonds. The number of nitrogens with two attached hydrogens (primary N) is 2. The standard InChI is InChI=1S/C13H18N2OS/c1-13(15,12(14)16)8-17-11-6-5-9-3-2-4-10(9)7-11/h5-7H,2-4,8,15H2,1H3,(H2,14,16). The summed E-state index contributed by atoms with van der Waals surface area (Å²) in [6, 6.07) is 6.50. The molecule has 4 heteroatoms. The Hall–Kier alpha value is -1.00. The first kappa shape index (κ1) is 12.5. The van der Waals surface area contributed by atoms with Gasteiger partial charge in [0.05, 0.1) is 0 Å². The van der Waals surface area contributed by atoms with E-state index in [4.69, 9.17) is 11.5 Å². The van der Waals surface area contributed by atoms with Crippen LogP contribution in [0.2, 0.25) is 0 Å². The summed E-state index contributed by atoms with van der Waals surface area (Å²) in [5.41, 5.74) is 13.0. The van der Waals surface area contributed by atoms with Crippen molar-refractivity contribution in [2.45, 2.75) is 36.6 Å². The number of carbonyl (C=O) groups is 1. The Labute approximate surface area is 106 Å². The molecular weight excluding hydrogens is 232 g/mol. The summed E-state index contributed by atoms with van der Waals surface area (Å²) in [6.07, 6.45) is 3.61. The van der Waals surface area contributed by atoms with Crippen molar-refractivity contribution in [1.29, 1.82) is 0 Å². The van der Waals surface area contributed by atoms with Crippen molar-refractivity contribution in [3.05, 3.63) is 29.3 Å². The van der Waals surface area contributed by atoms with E-state index in [1.807, 2.05) is 0 Å². The average Bonchev–Trinajstić information content (AvgIpc) is 2.73. The van der Waals surface area contributed by atoms with Crippen LogP contribution in [-0.4, -0.2) is 17.2 Å². The fourth-order valence-corrected chi connectivity index (χ4v) is 2.94. The van der Waals surface area contributed by atoms with Crippen molar-refractivity contribution in [2.24, 2.45) is 11.5 Å². The third-order valence-corrected chi connectivity index (χ3v) is 4.50. The van der Waals surface area contributed by atoms with Gasteiger partial charge in [0.1, 0.15) is 5.54 Å². The molecule has 92 valence electrons. The Balaban J connectivity index is 2.03. The quantitative estimate of drug-likeness (QED) is 0.795. The van der Waals surface area contributed by atoms with E-state index in [-0.39, 0.29) is 0 Å². The van der Waals surface area contributed by atoms with E-state index >= 15 is 0 Å². The molecule has 1 aliphatic rings. The molecule has 0 radical (unpaired) electrons. The molecule has 1 unspecified atom stereocenters. The second kappa shape index (κ2) is 4.70. The number of hydrogen-bond donors (Lipinski definition) is 2. The molecule has 0 saturated carbocycles. The van der Waals surface area contributed by atoms with Gasteiger partial charge in [-0.05, 0) is 49.4 Å². The number of amides is 1. The fraction of sp³-hybridized carbons (Fsp3) is 0.462. The molecule has 0 saturated heterocycles. The predicted molar refractivity (Wildman–Crippen MR) is 71.0 cm³/mol. The lowest BCUT2D eigenvalue weighted by atomic mass is 10.1. The van der Waals surface area contributed by atoms with Gasteiger partial charge in [-0.2, -0.15) is 0 Å². The number of primary amides is 1. The molecule has 4 N–H and O–H groups in total. The fourth-order valence-electron chi connectivity index (χ4n) is 1.94. The summed E-state index contributed by atoms with van der Waals surface area (Å²) < 4.78 is 0. The van der Waals surface area contributed by atoms with Gasteiger partial charge in [-0.3, -0.25) is 4.79 Å². The lowest BCUT2D eigenvalue weighted by Gasteiger charge is -2.19. The number of thioether (sulfide) groups is 1. The molecule has 2 rings (SSSR count). The summed E-state index contributed by atoms with van der Waals surface area (Å²) in [6.45, 7) is 1.68.